The summed E-state index contributed by atoms with van der Waals surface area (Å²) in [6.07, 6.45) is 14.3. The van der Waals surface area contributed by atoms with Gasteiger partial charge in [-0.1, -0.05) is 65.0 Å². The molecule has 0 N–H and O–H groups in total. The summed E-state index contributed by atoms with van der Waals surface area (Å²) in [4.78, 5) is 1.45. The van der Waals surface area contributed by atoms with E-state index in [-0.39, 0.29) is 0 Å². The van der Waals surface area contributed by atoms with Gasteiger partial charge in [0, 0.05) is 9.65 Å². The van der Waals surface area contributed by atoms with Crippen molar-refractivity contribution in [2.45, 2.75) is 81.3 Å². The summed E-state index contributed by atoms with van der Waals surface area (Å²) in [7, 11) is 0. The van der Waals surface area contributed by atoms with Crippen molar-refractivity contribution in [3.8, 4) is 0 Å². The molecule has 0 aromatic heterocycles. The summed E-state index contributed by atoms with van der Waals surface area (Å²) in [5, 5.41) is 0. The maximum absolute atomic E-state index is 3.77. The Labute approximate surface area is 119 Å². The Morgan fingerprint density at radius 1 is 0.875 bits per heavy atom. The summed E-state index contributed by atoms with van der Waals surface area (Å²) in [6, 6.07) is 0. The Hall–Kier alpha value is 0.960. The molecule has 0 saturated carbocycles. The Bertz CT molecular complexity index is 137. The molecule has 0 bridgehead atoms. The van der Waals surface area contributed by atoms with E-state index in [1.165, 1.54) is 57.8 Å². The summed E-state index contributed by atoms with van der Waals surface area (Å²) in [5.74, 6) is 0. The minimum atomic E-state index is 0.716. The molecule has 16 heavy (non-hydrogen) atoms. The zero-order valence-electron chi connectivity index (χ0n) is 10.9. The molecule has 0 aliphatic heterocycles. The van der Waals surface area contributed by atoms with Crippen LogP contribution in [-0.2, 0) is 0 Å². The van der Waals surface area contributed by atoms with Crippen LogP contribution >= 0.6 is 31.9 Å². The molecule has 97 valence electrons. The van der Waals surface area contributed by atoms with Gasteiger partial charge in [-0.15, -0.1) is 0 Å². The molecule has 2 heteroatoms. The number of hydrogen-bond acceptors (Lipinski definition) is 0. The molecule has 0 aromatic rings. The van der Waals surface area contributed by atoms with Gasteiger partial charge in [-0.2, -0.15) is 0 Å². The summed E-state index contributed by atoms with van der Waals surface area (Å²) < 4.78 is 0. The number of rotatable bonds is 11. The molecule has 0 nitrogen and oxygen atoms in total. The van der Waals surface area contributed by atoms with Crippen molar-refractivity contribution < 1.29 is 0 Å². The number of hydrogen-bond donors (Lipinski definition) is 0. The van der Waals surface area contributed by atoms with Crippen LogP contribution < -0.4 is 0 Å². The summed E-state index contributed by atoms with van der Waals surface area (Å²) in [6.45, 7) is 4.50. The SMILES string of the molecule is CCCCCC(Br)CC[CH]CCC(Br)CC. The lowest BCUT2D eigenvalue weighted by Crippen LogP contribution is -1.99. The lowest BCUT2D eigenvalue weighted by atomic mass is 10.1. The average Bonchev–Trinajstić information content (AvgIpc) is 2.28. The van der Waals surface area contributed by atoms with Crippen molar-refractivity contribution in [2.75, 3.05) is 0 Å². The molecule has 0 heterocycles. The van der Waals surface area contributed by atoms with Gasteiger partial charge in [-0.05, 0) is 44.9 Å². The minimum absolute atomic E-state index is 0.716. The maximum Gasteiger partial charge on any atom is 0.0145 e. The van der Waals surface area contributed by atoms with E-state index in [1.807, 2.05) is 0 Å². The average molecular weight is 355 g/mol. The molecule has 0 amide bonds. The van der Waals surface area contributed by atoms with Crippen LogP contribution in [0, 0.1) is 6.42 Å². The number of unbranched alkanes of at least 4 members (excludes halogenated alkanes) is 4. The Morgan fingerprint density at radius 3 is 2.06 bits per heavy atom. The number of halogens is 2. The van der Waals surface area contributed by atoms with Gasteiger partial charge in [0.15, 0.2) is 0 Å². The predicted octanol–water partition coefficient (Wildman–Crippen LogP) is 6.27. The molecule has 0 fully saturated rings. The number of alkyl halides is 2. The largest absolute Gasteiger partial charge is 0.0891 e. The van der Waals surface area contributed by atoms with Gasteiger partial charge in [0.1, 0.15) is 0 Å². The van der Waals surface area contributed by atoms with Gasteiger partial charge < -0.3 is 0 Å². The van der Waals surface area contributed by atoms with Gasteiger partial charge in [0.2, 0.25) is 0 Å². The van der Waals surface area contributed by atoms with Gasteiger partial charge in [0.05, 0.1) is 0 Å². The first-order valence-electron chi connectivity index (χ1n) is 6.80. The van der Waals surface area contributed by atoms with Crippen molar-refractivity contribution in [2.24, 2.45) is 0 Å². The molecule has 1 radical (unpaired) electrons. The van der Waals surface area contributed by atoms with Crippen molar-refractivity contribution in [1.82, 2.24) is 0 Å². The van der Waals surface area contributed by atoms with Crippen molar-refractivity contribution in [3.63, 3.8) is 0 Å². The van der Waals surface area contributed by atoms with E-state index in [2.05, 4.69) is 52.1 Å². The van der Waals surface area contributed by atoms with E-state index in [4.69, 9.17) is 0 Å². The second-order valence-electron chi connectivity index (χ2n) is 4.54. The molecule has 2 atom stereocenters. The van der Waals surface area contributed by atoms with Crippen LogP contribution in [-0.4, -0.2) is 9.65 Å². The third kappa shape index (κ3) is 11.4. The van der Waals surface area contributed by atoms with Crippen LogP contribution in [0.3, 0.4) is 0 Å². The first-order chi connectivity index (χ1) is 7.70. The van der Waals surface area contributed by atoms with Crippen LogP contribution in [0.15, 0.2) is 0 Å². The molecule has 0 saturated heterocycles. The lowest BCUT2D eigenvalue weighted by Gasteiger charge is -2.09. The first-order valence-corrected chi connectivity index (χ1v) is 8.63. The molecular weight excluding hydrogens is 328 g/mol. The fourth-order valence-corrected chi connectivity index (χ4v) is 2.56. The van der Waals surface area contributed by atoms with Crippen molar-refractivity contribution in [3.05, 3.63) is 6.42 Å². The molecule has 0 aromatic carbocycles. The highest BCUT2D eigenvalue weighted by atomic mass is 79.9. The second-order valence-corrected chi connectivity index (χ2v) is 7.13. The fourth-order valence-electron chi connectivity index (χ4n) is 1.71. The van der Waals surface area contributed by atoms with E-state index < -0.39 is 0 Å². The minimum Gasteiger partial charge on any atom is -0.0891 e. The predicted molar refractivity (Wildman–Crippen MR) is 82.6 cm³/mol. The van der Waals surface area contributed by atoms with E-state index in [9.17, 15) is 0 Å². The Balaban J connectivity index is 3.17. The smallest absolute Gasteiger partial charge is 0.0145 e. The lowest BCUT2D eigenvalue weighted by molar-refractivity contribution is 0.613. The zero-order chi connectivity index (χ0) is 12.2. The quantitative estimate of drug-likeness (QED) is 0.303. The summed E-state index contributed by atoms with van der Waals surface area (Å²) >= 11 is 7.44. The molecule has 0 spiro atoms. The van der Waals surface area contributed by atoms with Crippen LogP contribution in [0.5, 0.6) is 0 Å². The Kier molecular flexibility index (Phi) is 13.2. The molecule has 0 aliphatic carbocycles. The van der Waals surface area contributed by atoms with E-state index >= 15 is 0 Å². The summed E-state index contributed by atoms with van der Waals surface area (Å²) in [5.41, 5.74) is 0. The van der Waals surface area contributed by atoms with Crippen LogP contribution in [0.1, 0.15) is 71.6 Å². The van der Waals surface area contributed by atoms with Gasteiger partial charge in [-0.25, -0.2) is 0 Å². The first kappa shape index (κ1) is 17.0. The highest BCUT2D eigenvalue weighted by Gasteiger charge is 2.04. The standard InChI is InChI=1S/C14H27Br2/c1-3-5-7-11-14(16)12-9-6-8-10-13(15)4-2/h6,13-14H,3-5,7-12H2,1-2H3. The second kappa shape index (κ2) is 12.4. The fraction of sp³-hybridized carbons (Fsp3) is 0.929. The van der Waals surface area contributed by atoms with Gasteiger partial charge in [0.25, 0.3) is 0 Å². The van der Waals surface area contributed by atoms with Crippen molar-refractivity contribution >= 4 is 31.9 Å². The molecular formula is C14H27Br2. The third-order valence-corrected chi connectivity index (χ3v) is 4.95. The van der Waals surface area contributed by atoms with Gasteiger partial charge in [-0.3, -0.25) is 0 Å². The van der Waals surface area contributed by atoms with Crippen LogP contribution in [0.25, 0.3) is 0 Å². The topological polar surface area (TPSA) is 0 Å². The van der Waals surface area contributed by atoms with Crippen LogP contribution in [0.4, 0.5) is 0 Å². The zero-order valence-corrected chi connectivity index (χ0v) is 14.0. The highest BCUT2D eigenvalue weighted by molar-refractivity contribution is 9.09. The maximum atomic E-state index is 3.77. The van der Waals surface area contributed by atoms with E-state index in [0.717, 1.165) is 4.83 Å². The van der Waals surface area contributed by atoms with E-state index in [0.29, 0.717) is 4.83 Å². The molecule has 0 aliphatic rings. The molecule has 2 unspecified atom stereocenters. The highest BCUT2D eigenvalue weighted by Crippen LogP contribution is 2.19. The third-order valence-electron chi connectivity index (χ3n) is 2.93. The van der Waals surface area contributed by atoms with Crippen molar-refractivity contribution in [1.29, 1.82) is 0 Å². The van der Waals surface area contributed by atoms with E-state index in [1.54, 1.807) is 0 Å². The normalized spacial score (nSPS) is 15.0. The van der Waals surface area contributed by atoms with Gasteiger partial charge >= 0.3 is 0 Å². The van der Waals surface area contributed by atoms with Crippen LogP contribution in [0.2, 0.25) is 0 Å². The molecule has 0 rings (SSSR count). The monoisotopic (exact) mass is 353 g/mol. The Morgan fingerprint density at radius 2 is 1.50 bits per heavy atom.